The third-order valence-electron chi connectivity index (χ3n) is 5.55. The van der Waals surface area contributed by atoms with Crippen LogP contribution in [0.1, 0.15) is 29.2 Å². The summed E-state index contributed by atoms with van der Waals surface area (Å²) in [5.74, 6) is 1.35. The molecule has 0 aliphatic carbocycles. The summed E-state index contributed by atoms with van der Waals surface area (Å²) in [7, 11) is 0. The van der Waals surface area contributed by atoms with Gasteiger partial charge in [0.25, 0.3) is 0 Å². The number of benzene rings is 2. The highest BCUT2D eigenvalue weighted by Gasteiger charge is 2.30. The molecule has 5 rings (SSSR count). The van der Waals surface area contributed by atoms with E-state index in [1.165, 1.54) is 5.56 Å². The first-order valence-electron chi connectivity index (χ1n) is 9.74. The number of furan rings is 1. The summed E-state index contributed by atoms with van der Waals surface area (Å²) in [6.07, 6.45) is 0.331. The molecule has 0 bridgehead atoms. The number of carbonyl (C=O) groups excluding carboxylic acids is 2. The summed E-state index contributed by atoms with van der Waals surface area (Å²) in [5, 5.41) is 5.74. The molecule has 1 fully saturated rings. The topological polar surface area (TPSA) is 74.6 Å². The number of anilines is 2. The second kappa shape index (κ2) is 6.81. The normalized spacial score (nSPS) is 18.4. The summed E-state index contributed by atoms with van der Waals surface area (Å²) in [6, 6.07) is 17.7. The summed E-state index contributed by atoms with van der Waals surface area (Å²) < 4.78 is 6.15. The van der Waals surface area contributed by atoms with Crippen LogP contribution in [0.2, 0.25) is 0 Å². The van der Waals surface area contributed by atoms with Crippen molar-refractivity contribution >= 4 is 23.3 Å². The molecule has 0 radical (unpaired) electrons. The van der Waals surface area contributed by atoms with E-state index in [9.17, 15) is 9.59 Å². The van der Waals surface area contributed by atoms with Crippen LogP contribution in [0.5, 0.6) is 0 Å². The lowest BCUT2D eigenvalue weighted by Gasteiger charge is -2.26. The minimum atomic E-state index is -0.153. The van der Waals surface area contributed by atoms with Crippen molar-refractivity contribution in [1.29, 1.82) is 0 Å². The highest BCUT2D eigenvalue weighted by molar-refractivity contribution is 5.98. The second-order valence-electron chi connectivity index (χ2n) is 7.53. The molecule has 3 amide bonds. The zero-order chi connectivity index (χ0) is 20.0. The Labute approximate surface area is 168 Å². The molecule has 146 valence electrons. The van der Waals surface area contributed by atoms with Crippen LogP contribution in [0.15, 0.2) is 59.0 Å². The average molecular weight is 387 g/mol. The third kappa shape index (κ3) is 3.16. The Morgan fingerprint density at radius 1 is 1.03 bits per heavy atom. The first-order chi connectivity index (χ1) is 14.1. The fourth-order valence-corrected chi connectivity index (χ4v) is 4.01. The molecule has 6 heteroatoms. The fraction of sp³-hybridized carbons (Fsp3) is 0.217. The Morgan fingerprint density at radius 2 is 1.86 bits per heavy atom. The van der Waals surface area contributed by atoms with Crippen LogP contribution in [0.25, 0.3) is 11.3 Å². The largest absolute Gasteiger partial charge is 0.460 e. The number of urea groups is 1. The average Bonchev–Trinajstić information content (AvgIpc) is 3.37. The molecule has 29 heavy (non-hydrogen) atoms. The van der Waals surface area contributed by atoms with Crippen molar-refractivity contribution in [2.45, 2.75) is 19.3 Å². The van der Waals surface area contributed by atoms with Gasteiger partial charge in [0.2, 0.25) is 5.91 Å². The van der Waals surface area contributed by atoms with E-state index in [0.717, 1.165) is 34.0 Å². The number of carbonyl (C=O) groups is 2. The van der Waals surface area contributed by atoms with Gasteiger partial charge in [-0.3, -0.25) is 9.69 Å². The van der Waals surface area contributed by atoms with Gasteiger partial charge in [-0.05, 0) is 36.8 Å². The summed E-state index contributed by atoms with van der Waals surface area (Å²) >= 11 is 0. The van der Waals surface area contributed by atoms with E-state index in [-0.39, 0.29) is 17.9 Å². The van der Waals surface area contributed by atoms with Crippen LogP contribution in [0, 0.1) is 6.92 Å². The zero-order valence-corrected chi connectivity index (χ0v) is 16.1. The van der Waals surface area contributed by atoms with E-state index < -0.39 is 0 Å². The first kappa shape index (κ1) is 17.6. The molecule has 1 unspecified atom stereocenters. The molecule has 3 aromatic rings. The van der Waals surface area contributed by atoms with Gasteiger partial charge in [-0.2, -0.15) is 0 Å². The van der Waals surface area contributed by atoms with Crippen molar-refractivity contribution in [3.63, 3.8) is 0 Å². The van der Waals surface area contributed by atoms with Gasteiger partial charge in [-0.25, -0.2) is 4.79 Å². The van der Waals surface area contributed by atoms with Gasteiger partial charge >= 0.3 is 6.03 Å². The number of rotatable bonds is 3. The van der Waals surface area contributed by atoms with E-state index in [0.29, 0.717) is 19.5 Å². The predicted molar refractivity (Wildman–Crippen MR) is 111 cm³/mol. The van der Waals surface area contributed by atoms with Gasteiger partial charge < -0.3 is 15.1 Å². The molecular formula is C23H21N3O3. The molecule has 1 saturated heterocycles. The van der Waals surface area contributed by atoms with E-state index in [1.807, 2.05) is 42.5 Å². The van der Waals surface area contributed by atoms with Crippen LogP contribution in [0.3, 0.4) is 0 Å². The Morgan fingerprint density at radius 3 is 2.62 bits per heavy atom. The Hall–Kier alpha value is -3.54. The maximum absolute atomic E-state index is 12.4. The SMILES string of the molecule is Cc1ccc(-c2ccc(C3CC(=O)Nc4cc(N5CCNC5=O)ccc43)o2)cc1. The molecule has 6 nitrogen and oxygen atoms in total. The maximum Gasteiger partial charge on any atom is 0.321 e. The van der Waals surface area contributed by atoms with E-state index in [4.69, 9.17) is 4.42 Å². The van der Waals surface area contributed by atoms with Gasteiger partial charge in [0.1, 0.15) is 11.5 Å². The lowest BCUT2D eigenvalue weighted by Crippen LogP contribution is -2.28. The van der Waals surface area contributed by atoms with Crippen LogP contribution < -0.4 is 15.5 Å². The number of amides is 3. The van der Waals surface area contributed by atoms with E-state index >= 15 is 0 Å². The van der Waals surface area contributed by atoms with Gasteiger partial charge in [0, 0.05) is 36.4 Å². The number of nitrogens with one attached hydrogen (secondary N) is 2. The molecule has 3 heterocycles. The van der Waals surface area contributed by atoms with E-state index in [2.05, 4.69) is 29.7 Å². The standard InChI is InChI=1S/C23H21N3O3/c1-14-2-4-15(5-3-14)20-8-9-21(29-20)18-13-22(27)25-19-12-16(6-7-17(18)19)26-11-10-24-23(26)28/h2-9,12,18H,10-11,13H2,1H3,(H,24,28)(H,25,27). The van der Waals surface area contributed by atoms with Crippen molar-refractivity contribution in [3.8, 4) is 11.3 Å². The predicted octanol–water partition coefficient (Wildman–Crippen LogP) is 4.26. The van der Waals surface area contributed by atoms with Crippen LogP contribution in [-0.4, -0.2) is 25.0 Å². The molecule has 2 aromatic carbocycles. The fourth-order valence-electron chi connectivity index (χ4n) is 4.01. The first-order valence-corrected chi connectivity index (χ1v) is 9.74. The summed E-state index contributed by atoms with van der Waals surface area (Å²) in [5.41, 5.74) is 4.72. The molecule has 2 aliphatic rings. The Kier molecular flexibility index (Phi) is 4.12. The van der Waals surface area contributed by atoms with Crippen molar-refractivity contribution in [2.75, 3.05) is 23.3 Å². The molecule has 0 saturated carbocycles. The second-order valence-corrected chi connectivity index (χ2v) is 7.53. The molecule has 0 spiro atoms. The van der Waals surface area contributed by atoms with E-state index in [1.54, 1.807) is 4.90 Å². The van der Waals surface area contributed by atoms with Gasteiger partial charge in [0.15, 0.2) is 0 Å². The number of hydrogen-bond donors (Lipinski definition) is 2. The number of nitrogens with zero attached hydrogens (tertiary/aromatic N) is 1. The molecule has 1 aromatic heterocycles. The number of aryl methyl sites for hydroxylation is 1. The smallest absolute Gasteiger partial charge is 0.321 e. The lowest BCUT2D eigenvalue weighted by molar-refractivity contribution is -0.116. The lowest BCUT2D eigenvalue weighted by atomic mass is 9.88. The Balaban J connectivity index is 1.49. The number of hydrogen-bond acceptors (Lipinski definition) is 3. The van der Waals surface area contributed by atoms with Crippen LogP contribution in [0.4, 0.5) is 16.2 Å². The highest BCUT2D eigenvalue weighted by Crippen LogP contribution is 2.40. The Bertz CT molecular complexity index is 1100. The van der Waals surface area contributed by atoms with Crippen molar-refractivity contribution < 1.29 is 14.0 Å². The van der Waals surface area contributed by atoms with Crippen LogP contribution in [-0.2, 0) is 4.79 Å². The van der Waals surface area contributed by atoms with Crippen molar-refractivity contribution in [1.82, 2.24) is 5.32 Å². The molecule has 2 aliphatic heterocycles. The molecule has 2 N–H and O–H groups in total. The molecule has 1 atom stereocenters. The summed E-state index contributed by atoms with van der Waals surface area (Å²) in [6.45, 7) is 3.29. The van der Waals surface area contributed by atoms with Crippen molar-refractivity contribution in [3.05, 3.63) is 71.5 Å². The minimum absolute atomic E-state index is 0.0567. The number of fused-ring (bicyclic) bond motifs is 1. The van der Waals surface area contributed by atoms with Gasteiger partial charge in [-0.1, -0.05) is 35.9 Å². The van der Waals surface area contributed by atoms with Crippen LogP contribution >= 0.6 is 0 Å². The molecular weight excluding hydrogens is 366 g/mol. The zero-order valence-electron chi connectivity index (χ0n) is 16.1. The van der Waals surface area contributed by atoms with Gasteiger partial charge in [-0.15, -0.1) is 0 Å². The van der Waals surface area contributed by atoms with Crippen molar-refractivity contribution in [2.24, 2.45) is 0 Å². The quantitative estimate of drug-likeness (QED) is 0.705. The third-order valence-corrected chi connectivity index (χ3v) is 5.55. The minimum Gasteiger partial charge on any atom is -0.460 e. The maximum atomic E-state index is 12.4. The van der Waals surface area contributed by atoms with Gasteiger partial charge in [0.05, 0.1) is 5.92 Å². The monoisotopic (exact) mass is 387 g/mol. The highest BCUT2D eigenvalue weighted by atomic mass is 16.3. The summed E-state index contributed by atoms with van der Waals surface area (Å²) in [4.78, 5) is 26.0.